The molecule has 1 aromatic heterocycles. The van der Waals surface area contributed by atoms with Crippen molar-refractivity contribution in [2.75, 3.05) is 0 Å². The molecule has 0 spiro atoms. The monoisotopic (exact) mass is 261 g/mol. The summed E-state index contributed by atoms with van der Waals surface area (Å²) in [5, 5.41) is 0. The van der Waals surface area contributed by atoms with E-state index in [4.69, 9.17) is 16.8 Å². The summed E-state index contributed by atoms with van der Waals surface area (Å²) >= 11 is 6.46. The first-order chi connectivity index (χ1) is 6.89. The minimum atomic E-state index is -4.14. The fourth-order valence-electron chi connectivity index (χ4n) is 1.27. The lowest BCUT2D eigenvalue weighted by atomic mass is 10.3. The number of aryl methyl sites for hydroxylation is 1. The van der Waals surface area contributed by atoms with Crippen molar-refractivity contribution in [3.8, 4) is 0 Å². The van der Waals surface area contributed by atoms with Gasteiger partial charge < -0.3 is 4.57 Å². The van der Waals surface area contributed by atoms with E-state index in [-0.39, 0.29) is 4.90 Å². The van der Waals surface area contributed by atoms with Crippen LogP contribution in [-0.4, -0.2) is 17.5 Å². The van der Waals surface area contributed by atoms with Crippen LogP contribution in [0.4, 0.5) is 0 Å². The molecule has 2 rings (SSSR count). The molecule has 0 bridgehead atoms. The van der Waals surface area contributed by atoms with Crippen molar-refractivity contribution in [1.29, 1.82) is 0 Å². The molecule has 0 unspecified atom stereocenters. The molecule has 0 saturated heterocycles. The second kappa shape index (κ2) is 3.38. The van der Waals surface area contributed by atoms with Crippen molar-refractivity contribution >= 4 is 43.9 Å². The van der Waals surface area contributed by atoms with E-state index in [1.54, 1.807) is 17.7 Å². The first-order valence-corrected chi connectivity index (χ1v) is 6.63. The molecule has 7 heteroatoms. The number of fused-ring (bicyclic) bond motifs is 1. The van der Waals surface area contributed by atoms with Crippen LogP contribution in [0.25, 0.3) is 10.2 Å². The van der Waals surface area contributed by atoms with Crippen molar-refractivity contribution in [2.24, 2.45) is 7.05 Å². The molecule has 15 heavy (non-hydrogen) atoms. The maximum Gasteiger partial charge on any atom is 0.294 e. The fraction of sp³-hybridized carbons (Fsp3) is 0.125. The SMILES string of the molecule is Cn1c(=S)sc2ccc(S(=O)(=O)O)cc21. The number of aromatic nitrogens is 1. The van der Waals surface area contributed by atoms with Crippen molar-refractivity contribution in [3.05, 3.63) is 22.2 Å². The quantitative estimate of drug-likeness (QED) is 0.631. The Bertz CT molecular complexity index is 681. The van der Waals surface area contributed by atoms with E-state index in [0.29, 0.717) is 9.47 Å². The third-order valence-electron chi connectivity index (χ3n) is 2.06. The van der Waals surface area contributed by atoms with Crippen LogP contribution in [0.2, 0.25) is 0 Å². The third-order valence-corrected chi connectivity index (χ3v) is 4.45. The molecule has 0 saturated carbocycles. The van der Waals surface area contributed by atoms with Gasteiger partial charge in [0, 0.05) is 7.05 Å². The highest BCUT2D eigenvalue weighted by Gasteiger charge is 2.11. The summed E-state index contributed by atoms with van der Waals surface area (Å²) in [4.78, 5) is -0.113. The van der Waals surface area contributed by atoms with Gasteiger partial charge in [0.15, 0.2) is 3.95 Å². The Morgan fingerprint density at radius 1 is 1.47 bits per heavy atom. The Balaban J connectivity index is 2.87. The van der Waals surface area contributed by atoms with Gasteiger partial charge in [-0.25, -0.2) is 0 Å². The van der Waals surface area contributed by atoms with E-state index < -0.39 is 10.1 Å². The molecular formula is C8H7NO3S3. The largest absolute Gasteiger partial charge is 0.326 e. The maximum absolute atomic E-state index is 10.9. The van der Waals surface area contributed by atoms with Crippen LogP contribution < -0.4 is 0 Å². The van der Waals surface area contributed by atoms with Gasteiger partial charge in [-0.2, -0.15) is 8.42 Å². The Hall–Kier alpha value is -0.760. The van der Waals surface area contributed by atoms with Gasteiger partial charge in [0.1, 0.15) is 0 Å². The summed E-state index contributed by atoms with van der Waals surface area (Å²) in [6, 6.07) is 4.42. The zero-order valence-corrected chi connectivity index (χ0v) is 10.1. The van der Waals surface area contributed by atoms with E-state index in [1.165, 1.54) is 23.5 Å². The second-order valence-electron chi connectivity index (χ2n) is 3.03. The van der Waals surface area contributed by atoms with Crippen LogP contribution in [0.1, 0.15) is 0 Å². The van der Waals surface area contributed by atoms with E-state index >= 15 is 0 Å². The molecule has 0 radical (unpaired) electrons. The molecule has 1 aromatic carbocycles. The number of hydrogen-bond acceptors (Lipinski definition) is 4. The summed E-state index contributed by atoms with van der Waals surface area (Å²) in [7, 11) is -2.39. The van der Waals surface area contributed by atoms with Gasteiger partial charge in [-0.05, 0) is 30.4 Å². The van der Waals surface area contributed by atoms with Crippen molar-refractivity contribution in [3.63, 3.8) is 0 Å². The first kappa shape index (κ1) is 10.7. The van der Waals surface area contributed by atoms with Gasteiger partial charge in [0.25, 0.3) is 10.1 Å². The average molecular weight is 261 g/mol. The van der Waals surface area contributed by atoms with Crippen molar-refractivity contribution in [1.82, 2.24) is 4.57 Å². The standard InChI is InChI=1S/C8H7NO3S3/c1-9-6-4-5(15(10,11)12)2-3-7(6)14-8(9)13/h2-4H,1H3,(H,10,11,12). The average Bonchev–Trinajstić information content (AvgIpc) is 2.41. The molecule has 4 nitrogen and oxygen atoms in total. The summed E-state index contributed by atoms with van der Waals surface area (Å²) in [6.07, 6.45) is 0. The summed E-state index contributed by atoms with van der Waals surface area (Å²) in [6.45, 7) is 0. The molecule has 0 atom stereocenters. The predicted molar refractivity (Wildman–Crippen MR) is 61.4 cm³/mol. The Morgan fingerprint density at radius 2 is 2.13 bits per heavy atom. The highest BCUT2D eigenvalue weighted by molar-refractivity contribution is 7.85. The third kappa shape index (κ3) is 1.83. The van der Waals surface area contributed by atoms with Gasteiger partial charge in [0.2, 0.25) is 0 Å². The van der Waals surface area contributed by atoms with Crippen LogP contribution in [0.15, 0.2) is 23.1 Å². The van der Waals surface area contributed by atoms with Gasteiger partial charge >= 0.3 is 0 Å². The minimum Gasteiger partial charge on any atom is -0.326 e. The van der Waals surface area contributed by atoms with E-state index in [1.807, 2.05) is 0 Å². The van der Waals surface area contributed by atoms with Crippen molar-refractivity contribution < 1.29 is 13.0 Å². The Kier molecular flexibility index (Phi) is 2.42. The minimum absolute atomic E-state index is 0.113. The number of nitrogens with zero attached hydrogens (tertiary/aromatic N) is 1. The van der Waals surface area contributed by atoms with Crippen LogP contribution in [0.5, 0.6) is 0 Å². The molecule has 0 fully saturated rings. The van der Waals surface area contributed by atoms with Gasteiger partial charge in [0.05, 0.1) is 15.1 Å². The van der Waals surface area contributed by atoms with Crippen LogP contribution in [0, 0.1) is 3.95 Å². The number of thiazole rings is 1. The normalized spacial score (nSPS) is 12.1. The van der Waals surface area contributed by atoms with Crippen molar-refractivity contribution in [2.45, 2.75) is 4.90 Å². The molecule has 0 amide bonds. The molecule has 0 aliphatic carbocycles. The lowest BCUT2D eigenvalue weighted by Gasteiger charge is -1.98. The Labute approximate surface area is 95.5 Å². The topological polar surface area (TPSA) is 59.3 Å². The summed E-state index contributed by atoms with van der Waals surface area (Å²) in [5.41, 5.74) is 0.708. The molecule has 80 valence electrons. The second-order valence-corrected chi connectivity index (χ2v) is 6.13. The predicted octanol–water partition coefficient (Wildman–Crippen LogP) is 2.22. The zero-order valence-electron chi connectivity index (χ0n) is 7.67. The molecule has 1 heterocycles. The number of hydrogen-bond donors (Lipinski definition) is 1. The lowest BCUT2D eigenvalue weighted by molar-refractivity contribution is 0.483. The van der Waals surface area contributed by atoms with Gasteiger partial charge in [-0.3, -0.25) is 4.55 Å². The number of rotatable bonds is 1. The van der Waals surface area contributed by atoms with Crippen LogP contribution in [-0.2, 0) is 17.2 Å². The lowest BCUT2D eigenvalue weighted by Crippen LogP contribution is -1.98. The van der Waals surface area contributed by atoms with E-state index in [2.05, 4.69) is 0 Å². The highest BCUT2D eigenvalue weighted by atomic mass is 32.2. The van der Waals surface area contributed by atoms with Crippen LogP contribution >= 0.6 is 23.6 Å². The van der Waals surface area contributed by atoms with Gasteiger partial charge in [-0.15, -0.1) is 11.3 Å². The van der Waals surface area contributed by atoms with E-state index in [0.717, 1.165) is 4.70 Å². The first-order valence-electron chi connectivity index (χ1n) is 3.96. The molecule has 0 aliphatic heterocycles. The molecule has 2 aromatic rings. The zero-order chi connectivity index (χ0) is 11.2. The highest BCUT2D eigenvalue weighted by Crippen LogP contribution is 2.24. The maximum atomic E-state index is 10.9. The molecule has 1 N–H and O–H groups in total. The smallest absolute Gasteiger partial charge is 0.294 e. The fourth-order valence-corrected chi connectivity index (χ4v) is 3.00. The van der Waals surface area contributed by atoms with Crippen LogP contribution in [0.3, 0.4) is 0 Å². The summed E-state index contributed by atoms with van der Waals surface area (Å²) in [5.74, 6) is 0. The van der Waals surface area contributed by atoms with E-state index in [9.17, 15) is 8.42 Å². The number of benzene rings is 1. The molecular weight excluding hydrogens is 254 g/mol. The van der Waals surface area contributed by atoms with Gasteiger partial charge in [-0.1, -0.05) is 0 Å². The molecule has 0 aliphatic rings. The Morgan fingerprint density at radius 3 is 2.73 bits per heavy atom. The summed E-state index contributed by atoms with van der Waals surface area (Å²) < 4.78 is 34.0.